The third kappa shape index (κ3) is 3.00. The zero-order chi connectivity index (χ0) is 19.0. The normalized spacial score (nSPS) is 25.4. The Labute approximate surface area is 143 Å². The van der Waals surface area contributed by atoms with Crippen LogP contribution >= 0.6 is 0 Å². The molecule has 1 saturated carbocycles. The van der Waals surface area contributed by atoms with E-state index in [2.05, 4.69) is 4.74 Å². The molecular weight excluding hydrogens is 341 g/mol. The average molecular weight is 362 g/mol. The van der Waals surface area contributed by atoms with Crippen LogP contribution in [0.1, 0.15) is 46.0 Å². The minimum absolute atomic E-state index is 0.116. The van der Waals surface area contributed by atoms with Crippen molar-refractivity contribution in [3.8, 4) is 0 Å². The van der Waals surface area contributed by atoms with E-state index in [0.29, 0.717) is 12.8 Å². The van der Waals surface area contributed by atoms with Gasteiger partial charge in [0.15, 0.2) is 0 Å². The lowest BCUT2D eigenvalue weighted by Gasteiger charge is -2.36. The molecule has 140 valence electrons. The molecule has 1 unspecified atom stereocenters. The molecule has 0 bridgehead atoms. The number of hydrogen-bond acceptors (Lipinski definition) is 4. The molecule has 1 N–H and O–H groups in total. The van der Waals surface area contributed by atoms with Gasteiger partial charge in [0.05, 0.1) is 7.11 Å². The summed E-state index contributed by atoms with van der Waals surface area (Å²) in [5.41, 5.74) is -4.39. The molecule has 1 atom stereocenters. The van der Waals surface area contributed by atoms with Gasteiger partial charge in [-0.1, -0.05) is 19.3 Å². The van der Waals surface area contributed by atoms with Crippen LogP contribution in [0.3, 0.4) is 0 Å². The molecule has 0 saturated heterocycles. The molecule has 2 rings (SSSR count). The summed E-state index contributed by atoms with van der Waals surface area (Å²) >= 11 is 0. The summed E-state index contributed by atoms with van der Waals surface area (Å²) in [6.45, 7) is 2.16. The van der Waals surface area contributed by atoms with Crippen molar-refractivity contribution in [1.82, 2.24) is 10.2 Å². The summed E-state index contributed by atoms with van der Waals surface area (Å²) < 4.78 is 46.4. The highest BCUT2D eigenvalue weighted by atomic mass is 19.4. The Morgan fingerprint density at radius 3 is 2.24 bits per heavy atom. The predicted molar refractivity (Wildman–Crippen MR) is 81.0 cm³/mol. The number of rotatable bonds is 3. The summed E-state index contributed by atoms with van der Waals surface area (Å²) in [5, 5.41) is 1.70. The van der Waals surface area contributed by atoms with Gasteiger partial charge in [0.1, 0.15) is 5.57 Å². The predicted octanol–water partition coefficient (Wildman–Crippen LogP) is 2.05. The standard InChI is InChI=1S/C16H21F3N2O4/c1-9-12(13(23)25-3)15(16(17,18)19,20-10(2)22)14(24)21(9)11-7-5-4-6-8-11/h11H,4-8H2,1-3H3,(H,20,22). The Hall–Kier alpha value is -2.06. The zero-order valence-corrected chi connectivity index (χ0v) is 14.3. The van der Waals surface area contributed by atoms with Crippen molar-refractivity contribution in [3.63, 3.8) is 0 Å². The van der Waals surface area contributed by atoms with Crippen LogP contribution in [0.2, 0.25) is 0 Å². The van der Waals surface area contributed by atoms with E-state index in [4.69, 9.17) is 0 Å². The molecule has 0 aromatic heterocycles. The largest absolute Gasteiger partial charge is 0.466 e. The van der Waals surface area contributed by atoms with Gasteiger partial charge in [0, 0.05) is 18.7 Å². The number of halogens is 3. The lowest BCUT2D eigenvalue weighted by atomic mass is 9.88. The molecule has 2 aliphatic rings. The quantitative estimate of drug-likeness (QED) is 0.780. The smallest absolute Gasteiger partial charge is 0.425 e. The van der Waals surface area contributed by atoms with Crippen LogP contribution in [0.25, 0.3) is 0 Å². The van der Waals surface area contributed by atoms with Crippen LogP contribution in [0.15, 0.2) is 11.3 Å². The number of hydrogen-bond donors (Lipinski definition) is 1. The first kappa shape index (κ1) is 19.3. The van der Waals surface area contributed by atoms with E-state index in [-0.39, 0.29) is 5.70 Å². The Balaban J connectivity index is 2.66. The Morgan fingerprint density at radius 2 is 1.80 bits per heavy atom. The molecule has 6 nitrogen and oxygen atoms in total. The second-order valence-electron chi connectivity index (χ2n) is 6.35. The fraction of sp³-hybridized carbons (Fsp3) is 0.688. The van der Waals surface area contributed by atoms with Gasteiger partial charge in [-0.25, -0.2) is 4.79 Å². The van der Waals surface area contributed by atoms with E-state index in [9.17, 15) is 27.6 Å². The molecule has 1 heterocycles. The minimum Gasteiger partial charge on any atom is -0.466 e. The summed E-state index contributed by atoms with van der Waals surface area (Å²) in [7, 11) is 0.936. The lowest BCUT2D eigenvalue weighted by Crippen LogP contribution is -2.66. The third-order valence-corrected chi connectivity index (χ3v) is 4.76. The number of methoxy groups -OCH3 is 1. The van der Waals surface area contributed by atoms with Crippen molar-refractivity contribution in [3.05, 3.63) is 11.3 Å². The molecule has 1 fully saturated rings. The van der Waals surface area contributed by atoms with E-state index in [1.165, 1.54) is 6.92 Å². The first-order valence-electron chi connectivity index (χ1n) is 8.06. The first-order chi connectivity index (χ1) is 11.6. The van der Waals surface area contributed by atoms with Crippen molar-refractivity contribution < 1.29 is 32.3 Å². The van der Waals surface area contributed by atoms with Crippen molar-refractivity contribution in [2.24, 2.45) is 0 Å². The van der Waals surface area contributed by atoms with Gasteiger partial charge in [-0.15, -0.1) is 0 Å². The van der Waals surface area contributed by atoms with Crippen molar-refractivity contribution in [2.45, 2.75) is 63.7 Å². The van der Waals surface area contributed by atoms with Gasteiger partial charge in [0.25, 0.3) is 5.91 Å². The maximum Gasteiger partial charge on any atom is 0.425 e. The van der Waals surface area contributed by atoms with Crippen LogP contribution in [0.5, 0.6) is 0 Å². The van der Waals surface area contributed by atoms with Crippen LogP contribution in [0, 0.1) is 0 Å². The number of carbonyl (C=O) groups is 3. The number of allylic oxidation sites excluding steroid dienone is 1. The third-order valence-electron chi connectivity index (χ3n) is 4.76. The highest BCUT2D eigenvalue weighted by Crippen LogP contribution is 2.46. The fourth-order valence-electron chi connectivity index (χ4n) is 3.73. The number of carbonyl (C=O) groups excluding carboxylic acids is 3. The monoisotopic (exact) mass is 362 g/mol. The van der Waals surface area contributed by atoms with Gasteiger partial charge in [-0.05, 0) is 19.8 Å². The van der Waals surface area contributed by atoms with Crippen LogP contribution in [-0.4, -0.2) is 47.6 Å². The number of esters is 1. The second-order valence-corrected chi connectivity index (χ2v) is 6.35. The van der Waals surface area contributed by atoms with E-state index >= 15 is 0 Å². The van der Waals surface area contributed by atoms with E-state index < -0.39 is 41.1 Å². The van der Waals surface area contributed by atoms with Gasteiger partial charge in [-0.3, -0.25) is 9.59 Å². The maximum absolute atomic E-state index is 14.0. The zero-order valence-electron chi connectivity index (χ0n) is 14.3. The lowest BCUT2D eigenvalue weighted by molar-refractivity contribution is -0.196. The van der Waals surface area contributed by atoms with E-state index in [1.807, 2.05) is 0 Å². The first-order valence-corrected chi connectivity index (χ1v) is 8.06. The van der Waals surface area contributed by atoms with Crippen LogP contribution in [0.4, 0.5) is 13.2 Å². The molecule has 0 aromatic carbocycles. The molecule has 2 amide bonds. The molecular formula is C16H21F3N2O4. The Morgan fingerprint density at radius 1 is 1.24 bits per heavy atom. The summed E-state index contributed by atoms with van der Waals surface area (Å²) in [4.78, 5) is 37.5. The van der Waals surface area contributed by atoms with Gasteiger partial charge in [0.2, 0.25) is 11.4 Å². The van der Waals surface area contributed by atoms with Gasteiger partial charge in [-0.2, -0.15) is 13.2 Å². The van der Waals surface area contributed by atoms with Gasteiger partial charge < -0.3 is 15.0 Å². The van der Waals surface area contributed by atoms with Crippen LogP contribution in [-0.2, 0) is 19.1 Å². The fourth-order valence-corrected chi connectivity index (χ4v) is 3.73. The summed E-state index contributed by atoms with van der Waals surface area (Å²) in [6.07, 6.45) is -1.58. The molecule has 0 aromatic rings. The van der Waals surface area contributed by atoms with Crippen molar-refractivity contribution in [1.29, 1.82) is 0 Å². The highest BCUT2D eigenvalue weighted by molar-refractivity contribution is 6.10. The second kappa shape index (κ2) is 6.68. The van der Waals surface area contributed by atoms with E-state index in [1.54, 1.807) is 5.32 Å². The molecule has 1 aliphatic heterocycles. The van der Waals surface area contributed by atoms with E-state index in [0.717, 1.165) is 38.2 Å². The highest BCUT2D eigenvalue weighted by Gasteiger charge is 2.71. The summed E-state index contributed by atoms with van der Waals surface area (Å²) in [6, 6.07) is -0.432. The van der Waals surface area contributed by atoms with Crippen LogP contribution < -0.4 is 5.32 Å². The van der Waals surface area contributed by atoms with Crippen molar-refractivity contribution >= 4 is 17.8 Å². The number of alkyl halides is 3. The molecule has 0 spiro atoms. The SMILES string of the molecule is COC(=O)C1=C(C)N(C2CCCCC2)C(=O)C1(NC(C)=O)C(F)(F)F. The number of nitrogens with zero attached hydrogens (tertiary/aromatic N) is 1. The maximum atomic E-state index is 14.0. The number of nitrogens with one attached hydrogen (secondary N) is 1. The number of ether oxygens (including phenoxy) is 1. The molecule has 0 radical (unpaired) electrons. The topological polar surface area (TPSA) is 75.7 Å². The Bertz CT molecular complexity index is 623. The van der Waals surface area contributed by atoms with Gasteiger partial charge >= 0.3 is 12.1 Å². The average Bonchev–Trinajstić information content (AvgIpc) is 2.75. The molecule has 9 heteroatoms. The minimum atomic E-state index is -5.19. The summed E-state index contributed by atoms with van der Waals surface area (Å²) in [5.74, 6) is -3.69. The molecule has 1 aliphatic carbocycles. The number of amides is 2. The Kier molecular flexibility index (Phi) is 5.15. The van der Waals surface area contributed by atoms with Crippen molar-refractivity contribution in [2.75, 3.05) is 7.11 Å². The molecule has 25 heavy (non-hydrogen) atoms.